The molecule has 9 heteroatoms. The van der Waals surface area contributed by atoms with Crippen molar-refractivity contribution >= 4 is 39.2 Å². The average molecular weight is 368 g/mol. The normalized spacial score (nSPS) is 28.2. The lowest BCUT2D eigenvalue weighted by atomic mass is 9.89. The van der Waals surface area contributed by atoms with E-state index in [9.17, 15) is 22.7 Å². The van der Waals surface area contributed by atoms with Crippen LogP contribution in [0.15, 0.2) is 17.0 Å². The number of aliphatic carboxylic acids is 1. The van der Waals surface area contributed by atoms with Gasteiger partial charge in [-0.25, -0.2) is 12.8 Å². The van der Waals surface area contributed by atoms with Crippen LogP contribution in [0.1, 0.15) is 19.3 Å². The molecule has 1 aromatic rings. The zero-order valence-corrected chi connectivity index (χ0v) is 13.5. The zero-order valence-electron chi connectivity index (χ0n) is 11.2. The van der Waals surface area contributed by atoms with Crippen LogP contribution in [0.5, 0.6) is 0 Å². The molecule has 5 nitrogen and oxygen atoms in total. The Hall–Kier alpha value is -0.890. The molecular weight excluding hydrogens is 356 g/mol. The largest absolute Gasteiger partial charge is 0.481 e. The molecule has 2 aliphatic heterocycles. The van der Waals surface area contributed by atoms with Gasteiger partial charge in [-0.3, -0.25) is 4.79 Å². The molecule has 1 N–H and O–H groups in total. The molecule has 2 fully saturated rings. The lowest BCUT2D eigenvalue weighted by molar-refractivity contribution is -0.142. The third-order valence-electron chi connectivity index (χ3n) is 4.29. The minimum absolute atomic E-state index is 0.273. The summed E-state index contributed by atoms with van der Waals surface area (Å²) in [5.41, 5.74) is 0. The number of hydrogen-bond acceptors (Lipinski definition) is 3. The fraction of sp³-hybridized carbons (Fsp3) is 0.462. The molecule has 2 saturated heterocycles. The van der Waals surface area contributed by atoms with E-state index in [1.54, 1.807) is 0 Å². The monoisotopic (exact) mass is 367 g/mol. The molecule has 3 unspecified atom stereocenters. The second kappa shape index (κ2) is 5.33. The first-order valence-corrected chi connectivity index (χ1v) is 8.84. The van der Waals surface area contributed by atoms with E-state index >= 15 is 0 Å². The summed E-state index contributed by atoms with van der Waals surface area (Å²) in [6.07, 6.45) is 1.36. The number of halogens is 3. The van der Waals surface area contributed by atoms with Gasteiger partial charge in [0, 0.05) is 12.1 Å². The number of benzene rings is 1. The maximum atomic E-state index is 13.3. The highest BCUT2D eigenvalue weighted by atomic mass is 35.5. The van der Waals surface area contributed by atoms with Crippen LogP contribution in [0.3, 0.4) is 0 Å². The van der Waals surface area contributed by atoms with Crippen LogP contribution in [-0.4, -0.2) is 35.9 Å². The number of hydrogen-bond donors (Lipinski definition) is 1. The number of rotatable bonds is 3. The molecule has 2 heterocycles. The van der Waals surface area contributed by atoms with Gasteiger partial charge in [-0.15, -0.1) is 0 Å². The molecule has 2 aliphatic rings. The second-order valence-electron chi connectivity index (χ2n) is 5.51. The molecule has 0 aliphatic carbocycles. The molecule has 2 bridgehead atoms. The molecule has 120 valence electrons. The first-order valence-electron chi connectivity index (χ1n) is 6.64. The van der Waals surface area contributed by atoms with Crippen molar-refractivity contribution < 1.29 is 22.7 Å². The van der Waals surface area contributed by atoms with Crippen molar-refractivity contribution in [2.45, 2.75) is 36.2 Å². The van der Waals surface area contributed by atoms with E-state index in [0.29, 0.717) is 12.8 Å². The van der Waals surface area contributed by atoms with E-state index in [0.717, 1.165) is 12.1 Å². The number of carboxylic acid groups (broad SMARTS) is 1. The minimum atomic E-state index is -4.08. The summed E-state index contributed by atoms with van der Waals surface area (Å²) in [4.78, 5) is 10.9. The molecule has 3 atom stereocenters. The zero-order chi connectivity index (χ0) is 16.2. The van der Waals surface area contributed by atoms with Crippen molar-refractivity contribution in [1.29, 1.82) is 0 Å². The third kappa shape index (κ3) is 2.31. The van der Waals surface area contributed by atoms with Crippen LogP contribution >= 0.6 is 23.2 Å². The van der Waals surface area contributed by atoms with Crippen LogP contribution in [0, 0.1) is 11.7 Å². The number of carbonyl (C=O) groups is 1. The van der Waals surface area contributed by atoms with Gasteiger partial charge in [0.15, 0.2) is 0 Å². The standard InChI is InChI=1S/C13H12Cl2FNO4S/c14-9-3-6(16)4-10(15)12(9)22(20,21)17-7-1-2-11(17)8(5-7)13(18)19/h3-4,7-8,11H,1-2,5H2,(H,18,19). The van der Waals surface area contributed by atoms with Crippen LogP contribution in [0.25, 0.3) is 0 Å². The van der Waals surface area contributed by atoms with Crippen molar-refractivity contribution in [2.75, 3.05) is 0 Å². The van der Waals surface area contributed by atoms with Crippen LogP contribution in [0.2, 0.25) is 10.0 Å². The molecule has 3 rings (SSSR count). The summed E-state index contributed by atoms with van der Waals surface area (Å²) in [6.45, 7) is 0. The predicted octanol–water partition coefficient (Wildman–Crippen LogP) is 2.76. The van der Waals surface area contributed by atoms with Crippen LogP contribution in [0.4, 0.5) is 4.39 Å². The van der Waals surface area contributed by atoms with Gasteiger partial charge in [0.1, 0.15) is 10.7 Å². The molecular formula is C13H12Cl2FNO4S. The van der Waals surface area contributed by atoms with Gasteiger partial charge < -0.3 is 5.11 Å². The summed E-state index contributed by atoms with van der Waals surface area (Å²) in [7, 11) is -4.08. The van der Waals surface area contributed by atoms with Crippen LogP contribution in [-0.2, 0) is 14.8 Å². The summed E-state index contributed by atoms with van der Waals surface area (Å²) in [5, 5.41) is 8.61. The van der Waals surface area contributed by atoms with Crippen LogP contribution < -0.4 is 0 Å². The summed E-state index contributed by atoms with van der Waals surface area (Å²) in [5.74, 6) is -2.48. The van der Waals surface area contributed by atoms with Gasteiger partial charge in [0.05, 0.1) is 16.0 Å². The Labute approximate surface area is 136 Å². The van der Waals surface area contributed by atoms with Crippen molar-refractivity contribution in [3.63, 3.8) is 0 Å². The SMILES string of the molecule is O=C(O)C1CC2CCC1N2S(=O)(=O)c1c(Cl)cc(F)cc1Cl. The van der Waals surface area contributed by atoms with Crippen molar-refractivity contribution in [1.82, 2.24) is 4.31 Å². The highest BCUT2D eigenvalue weighted by Gasteiger charge is 2.55. The molecule has 22 heavy (non-hydrogen) atoms. The predicted molar refractivity (Wildman–Crippen MR) is 78.0 cm³/mol. The van der Waals surface area contributed by atoms with E-state index in [4.69, 9.17) is 23.2 Å². The van der Waals surface area contributed by atoms with Gasteiger partial charge in [-0.1, -0.05) is 23.2 Å². The Bertz CT molecular complexity index is 731. The number of nitrogens with zero attached hydrogens (tertiary/aromatic N) is 1. The summed E-state index contributed by atoms with van der Waals surface area (Å²) < 4.78 is 40.2. The number of sulfonamides is 1. The Kier molecular flexibility index (Phi) is 3.87. The van der Waals surface area contributed by atoms with Crippen molar-refractivity contribution in [3.8, 4) is 0 Å². The maximum absolute atomic E-state index is 13.3. The molecule has 1 aromatic carbocycles. The Balaban J connectivity index is 2.07. The van der Waals surface area contributed by atoms with E-state index in [1.807, 2.05) is 0 Å². The highest BCUT2D eigenvalue weighted by Crippen LogP contribution is 2.46. The van der Waals surface area contributed by atoms with Gasteiger partial charge in [-0.05, 0) is 31.4 Å². The van der Waals surface area contributed by atoms with Gasteiger partial charge >= 0.3 is 5.97 Å². The van der Waals surface area contributed by atoms with E-state index in [1.165, 1.54) is 4.31 Å². The first kappa shape index (κ1) is 16.0. The van der Waals surface area contributed by atoms with Crippen molar-refractivity contribution in [3.05, 3.63) is 28.0 Å². The van der Waals surface area contributed by atoms with Gasteiger partial charge in [0.2, 0.25) is 10.0 Å². The smallest absolute Gasteiger partial charge is 0.308 e. The number of fused-ring (bicyclic) bond motifs is 2. The Morgan fingerprint density at radius 3 is 2.36 bits per heavy atom. The topological polar surface area (TPSA) is 74.7 Å². The average Bonchev–Trinajstić information content (AvgIpc) is 2.94. The van der Waals surface area contributed by atoms with Crippen molar-refractivity contribution in [2.24, 2.45) is 5.92 Å². The maximum Gasteiger partial charge on any atom is 0.308 e. The van der Waals surface area contributed by atoms with E-state index in [-0.39, 0.29) is 27.4 Å². The highest BCUT2D eigenvalue weighted by molar-refractivity contribution is 7.89. The molecule has 0 spiro atoms. The lowest BCUT2D eigenvalue weighted by Crippen LogP contribution is -2.38. The Morgan fingerprint density at radius 1 is 1.27 bits per heavy atom. The Morgan fingerprint density at radius 2 is 1.86 bits per heavy atom. The van der Waals surface area contributed by atoms with E-state index in [2.05, 4.69) is 0 Å². The number of carboxylic acids is 1. The lowest BCUT2D eigenvalue weighted by Gasteiger charge is -2.23. The third-order valence-corrected chi connectivity index (χ3v) is 7.19. The van der Waals surface area contributed by atoms with Gasteiger partial charge in [-0.2, -0.15) is 4.31 Å². The molecule has 0 aromatic heterocycles. The molecule has 0 radical (unpaired) electrons. The second-order valence-corrected chi connectivity index (χ2v) is 8.11. The minimum Gasteiger partial charge on any atom is -0.481 e. The fourth-order valence-corrected chi connectivity index (χ4v) is 6.52. The quantitative estimate of drug-likeness (QED) is 0.890. The summed E-state index contributed by atoms with van der Waals surface area (Å²) in [6, 6.07) is 0.776. The van der Waals surface area contributed by atoms with Gasteiger partial charge in [0.25, 0.3) is 0 Å². The molecule has 0 amide bonds. The summed E-state index contributed by atoms with van der Waals surface area (Å²) >= 11 is 11.7. The fourth-order valence-electron chi connectivity index (χ4n) is 3.46. The first-order chi connectivity index (χ1) is 10.2. The van der Waals surface area contributed by atoms with E-state index < -0.39 is 33.8 Å². The molecule has 0 saturated carbocycles.